The molecule has 4 saturated carbocycles. The van der Waals surface area contributed by atoms with Crippen LogP contribution in [-0.2, 0) is 19.6 Å². The molecule has 230 valence electrons. The maximum Gasteiger partial charge on any atom is 0.266 e. The zero-order valence-corrected chi connectivity index (χ0v) is 25.7. The minimum absolute atomic E-state index is 0.0719. The van der Waals surface area contributed by atoms with Gasteiger partial charge in [0.2, 0.25) is 5.91 Å². The number of rotatable bonds is 9. The van der Waals surface area contributed by atoms with Crippen LogP contribution in [0.2, 0.25) is 0 Å². The van der Waals surface area contributed by atoms with Crippen molar-refractivity contribution in [3.05, 3.63) is 0 Å². The van der Waals surface area contributed by atoms with Crippen LogP contribution >= 0.6 is 0 Å². The first-order valence-electron chi connectivity index (χ1n) is 15.5. The SMILES string of the molecule is C[C@H](CCC(=O)NCCS(=O)(=O)O)[C@H]1CCC2[C@@H]3C(CC[C@@]21C)[C@@]1(C)CC[C@@H](OCC#CC#CCO)CC1C[C@@H]3O. The number of hydrogen-bond acceptors (Lipinski definition) is 6. The van der Waals surface area contributed by atoms with Crippen molar-refractivity contribution >= 4 is 16.0 Å². The zero-order chi connectivity index (χ0) is 29.8. The smallest absolute Gasteiger partial charge is 0.266 e. The van der Waals surface area contributed by atoms with Crippen molar-refractivity contribution in [3.8, 4) is 23.7 Å². The molecule has 4 rings (SSSR count). The summed E-state index contributed by atoms with van der Waals surface area (Å²) < 4.78 is 36.7. The molecule has 4 aliphatic carbocycles. The number of carbonyl (C=O) groups excluding carboxylic acids is 1. The van der Waals surface area contributed by atoms with Crippen molar-refractivity contribution in [2.24, 2.45) is 46.3 Å². The number of aliphatic hydroxyl groups excluding tert-OH is 2. The third kappa shape index (κ3) is 7.31. The first-order valence-corrected chi connectivity index (χ1v) is 17.1. The molecule has 0 saturated heterocycles. The fourth-order valence-corrected chi connectivity index (χ4v) is 9.96. The third-order valence-electron chi connectivity index (χ3n) is 11.6. The highest BCUT2D eigenvalue weighted by molar-refractivity contribution is 7.85. The molecular formula is C32H49NO7S. The quantitative estimate of drug-likeness (QED) is 0.239. The molecule has 0 spiro atoms. The molecule has 4 fully saturated rings. The zero-order valence-electron chi connectivity index (χ0n) is 24.9. The van der Waals surface area contributed by atoms with Crippen LogP contribution < -0.4 is 5.32 Å². The molecule has 0 aromatic carbocycles. The van der Waals surface area contributed by atoms with Gasteiger partial charge in [-0.2, -0.15) is 8.42 Å². The number of amides is 1. The Morgan fingerprint density at radius 3 is 2.49 bits per heavy atom. The Morgan fingerprint density at radius 1 is 1.05 bits per heavy atom. The Bertz CT molecular complexity index is 1170. The monoisotopic (exact) mass is 591 g/mol. The van der Waals surface area contributed by atoms with E-state index in [4.69, 9.17) is 14.4 Å². The van der Waals surface area contributed by atoms with E-state index in [-0.39, 0.29) is 42.1 Å². The predicted molar refractivity (Wildman–Crippen MR) is 157 cm³/mol. The summed E-state index contributed by atoms with van der Waals surface area (Å²) >= 11 is 0. The van der Waals surface area contributed by atoms with Crippen molar-refractivity contribution < 1.29 is 32.7 Å². The van der Waals surface area contributed by atoms with E-state index in [9.17, 15) is 18.3 Å². The first-order chi connectivity index (χ1) is 19.4. The summed E-state index contributed by atoms with van der Waals surface area (Å²) in [6, 6.07) is 0. The van der Waals surface area contributed by atoms with Crippen LogP contribution in [0.1, 0.15) is 85.0 Å². The van der Waals surface area contributed by atoms with Gasteiger partial charge in [0, 0.05) is 13.0 Å². The molecule has 0 heterocycles. The van der Waals surface area contributed by atoms with Crippen LogP contribution in [0.15, 0.2) is 0 Å². The average molecular weight is 592 g/mol. The number of ether oxygens (including phenoxy) is 1. The fourth-order valence-electron chi connectivity index (χ4n) is 9.60. The summed E-state index contributed by atoms with van der Waals surface area (Å²) in [5.74, 6) is 12.8. The van der Waals surface area contributed by atoms with Crippen LogP contribution in [-0.4, -0.2) is 66.8 Å². The van der Waals surface area contributed by atoms with Crippen LogP contribution in [0.25, 0.3) is 0 Å². The van der Waals surface area contributed by atoms with Gasteiger partial charge in [0.1, 0.15) is 13.2 Å². The number of fused-ring (bicyclic) bond motifs is 5. The van der Waals surface area contributed by atoms with Crippen LogP contribution in [0, 0.1) is 70.0 Å². The standard InChI is InChI=1S/C32H49NO7S/c1-22(8-11-29(36)33-16-19-41(37,38)39)25-9-10-26-30-27(13-15-32(25,26)3)31(2)14-12-24(20-23(31)21-28(30)35)40-18-7-5-4-6-17-34/h22-28,30,34-35H,8-21H2,1-3H3,(H,33,36)(H,37,38,39)/t22-,23?,24-,25-,26?,27?,28+,30-,31+,32-/m1/s1. The van der Waals surface area contributed by atoms with Gasteiger partial charge in [-0.25, -0.2) is 0 Å². The Kier molecular flexibility index (Phi) is 10.5. The first kappa shape index (κ1) is 32.3. The normalized spacial score (nSPS) is 38.6. The van der Waals surface area contributed by atoms with Gasteiger partial charge < -0.3 is 20.3 Å². The summed E-state index contributed by atoms with van der Waals surface area (Å²) in [6.07, 6.45) is 9.46. The fraction of sp³-hybridized carbons (Fsp3) is 0.844. The minimum atomic E-state index is -4.08. The minimum Gasteiger partial charge on any atom is -0.393 e. The average Bonchev–Trinajstić information content (AvgIpc) is 3.26. The van der Waals surface area contributed by atoms with Gasteiger partial charge in [-0.1, -0.05) is 32.6 Å². The van der Waals surface area contributed by atoms with Crippen molar-refractivity contribution in [1.29, 1.82) is 0 Å². The van der Waals surface area contributed by atoms with E-state index >= 15 is 0 Å². The molecule has 1 amide bonds. The lowest BCUT2D eigenvalue weighted by Crippen LogP contribution is -2.58. The van der Waals surface area contributed by atoms with Crippen molar-refractivity contribution in [2.75, 3.05) is 25.5 Å². The Hall–Kier alpha value is -1.62. The van der Waals surface area contributed by atoms with E-state index < -0.39 is 15.9 Å². The number of carbonyl (C=O) groups is 1. The maximum atomic E-state index is 12.3. The Balaban J connectivity index is 1.34. The molecular weight excluding hydrogens is 542 g/mol. The molecule has 0 bridgehead atoms. The van der Waals surface area contributed by atoms with Gasteiger partial charge in [0.15, 0.2) is 0 Å². The molecule has 4 N–H and O–H groups in total. The molecule has 41 heavy (non-hydrogen) atoms. The van der Waals surface area contributed by atoms with E-state index in [0.29, 0.717) is 48.5 Å². The van der Waals surface area contributed by atoms with Gasteiger partial charge in [-0.05, 0) is 116 Å². The third-order valence-corrected chi connectivity index (χ3v) is 12.3. The van der Waals surface area contributed by atoms with Crippen LogP contribution in [0.5, 0.6) is 0 Å². The van der Waals surface area contributed by atoms with E-state index in [1.165, 1.54) is 0 Å². The van der Waals surface area contributed by atoms with Crippen LogP contribution in [0.4, 0.5) is 0 Å². The van der Waals surface area contributed by atoms with E-state index in [0.717, 1.165) is 57.8 Å². The summed E-state index contributed by atoms with van der Waals surface area (Å²) in [7, 11) is -4.08. The largest absolute Gasteiger partial charge is 0.393 e. The van der Waals surface area contributed by atoms with Gasteiger partial charge in [0.05, 0.1) is 18.0 Å². The molecule has 10 atom stereocenters. The second kappa shape index (κ2) is 13.3. The topological polar surface area (TPSA) is 133 Å². The van der Waals surface area contributed by atoms with Gasteiger partial charge in [-0.15, -0.1) is 0 Å². The highest BCUT2D eigenvalue weighted by atomic mass is 32.2. The summed E-state index contributed by atoms with van der Waals surface area (Å²) in [5, 5.41) is 23.0. The predicted octanol–water partition coefficient (Wildman–Crippen LogP) is 3.42. The summed E-state index contributed by atoms with van der Waals surface area (Å²) in [4.78, 5) is 12.3. The molecule has 0 aliphatic heterocycles. The van der Waals surface area contributed by atoms with Gasteiger partial charge in [-0.3, -0.25) is 9.35 Å². The number of nitrogens with one attached hydrogen (secondary N) is 1. The lowest BCUT2D eigenvalue weighted by Gasteiger charge is -2.62. The highest BCUT2D eigenvalue weighted by Gasteiger charge is 2.62. The van der Waals surface area contributed by atoms with Crippen LogP contribution in [0.3, 0.4) is 0 Å². The number of hydrogen-bond donors (Lipinski definition) is 4. The highest BCUT2D eigenvalue weighted by Crippen LogP contribution is 2.68. The second-order valence-corrected chi connectivity index (χ2v) is 15.2. The maximum absolute atomic E-state index is 12.3. The van der Waals surface area contributed by atoms with Gasteiger partial charge in [0.25, 0.3) is 10.1 Å². The molecule has 0 aromatic rings. The summed E-state index contributed by atoms with van der Waals surface area (Å²) in [6.45, 7) is 7.24. The van der Waals surface area contributed by atoms with E-state index in [1.807, 2.05) is 0 Å². The molecule has 4 aliphatic rings. The summed E-state index contributed by atoms with van der Waals surface area (Å²) in [5.41, 5.74) is 0.372. The Labute approximate surface area is 246 Å². The lowest BCUT2D eigenvalue weighted by atomic mass is 9.43. The molecule has 9 heteroatoms. The van der Waals surface area contributed by atoms with Crippen molar-refractivity contribution in [1.82, 2.24) is 5.32 Å². The van der Waals surface area contributed by atoms with E-state index in [1.54, 1.807) is 0 Å². The molecule has 8 nitrogen and oxygen atoms in total. The number of aliphatic hydroxyl groups is 2. The van der Waals surface area contributed by atoms with Gasteiger partial charge >= 0.3 is 0 Å². The van der Waals surface area contributed by atoms with Crippen molar-refractivity contribution in [3.63, 3.8) is 0 Å². The lowest BCUT2D eigenvalue weighted by molar-refractivity contribution is -0.177. The molecule has 3 unspecified atom stereocenters. The second-order valence-electron chi connectivity index (χ2n) is 13.6. The molecule has 0 aromatic heterocycles. The molecule has 0 radical (unpaired) electrons. The Morgan fingerprint density at radius 2 is 1.76 bits per heavy atom. The van der Waals surface area contributed by atoms with E-state index in [2.05, 4.69) is 49.8 Å². The van der Waals surface area contributed by atoms with Crippen molar-refractivity contribution in [2.45, 2.75) is 97.2 Å².